The molecule has 0 radical (unpaired) electrons. The average molecular weight is 265 g/mol. The van der Waals surface area contributed by atoms with Crippen molar-refractivity contribution < 1.29 is 4.42 Å². The zero-order chi connectivity index (χ0) is 13.0. The predicted molar refractivity (Wildman–Crippen MR) is 73.6 cm³/mol. The predicted octanol–water partition coefficient (Wildman–Crippen LogP) is 3.84. The first kappa shape index (κ1) is 13.1. The summed E-state index contributed by atoms with van der Waals surface area (Å²) in [6, 6.07) is 7.60. The summed E-state index contributed by atoms with van der Waals surface area (Å²) >= 11 is 5.96. The SMILES string of the molecule is CCN(CC)Cc1ncc(-c2cccc(Cl)c2)o1. The molecule has 4 heteroatoms. The molecule has 2 rings (SSSR count). The third-order valence-corrected chi connectivity index (χ3v) is 3.15. The molecule has 0 saturated heterocycles. The van der Waals surface area contributed by atoms with E-state index in [2.05, 4.69) is 23.7 Å². The van der Waals surface area contributed by atoms with Crippen LogP contribution in [0, 0.1) is 0 Å². The van der Waals surface area contributed by atoms with Crippen LogP contribution in [-0.2, 0) is 6.54 Å². The van der Waals surface area contributed by atoms with Crippen LogP contribution in [0.15, 0.2) is 34.9 Å². The normalized spacial score (nSPS) is 11.1. The molecule has 0 aliphatic rings. The van der Waals surface area contributed by atoms with E-state index in [1.165, 1.54) is 0 Å². The molecule has 0 saturated carbocycles. The van der Waals surface area contributed by atoms with Gasteiger partial charge in [-0.1, -0.05) is 37.6 Å². The first-order valence-corrected chi connectivity index (χ1v) is 6.53. The van der Waals surface area contributed by atoms with E-state index < -0.39 is 0 Å². The van der Waals surface area contributed by atoms with E-state index in [0.29, 0.717) is 5.02 Å². The van der Waals surface area contributed by atoms with Gasteiger partial charge in [0.2, 0.25) is 5.89 Å². The van der Waals surface area contributed by atoms with Crippen molar-refractivity contribution in [3.05, 3.63) is 41.4 Å². The van der Waals surface area contributed by atoms with Crippen molar-refractivity contribution in [2.45, 2.75) is 20.4 Å². The van der Waals surface area contributed by atoms with Crippen molar-refractivity contribution in [3.8, 4) is 11.3 Å². The summed E-state index contributed by atoms with van der Waals surface area (Å²) in [5.41, 5.74) is 0.959. The molecule has 96 valence electrons. The van der Waals surface area contributed by atoms with Gasteiger partial charge in [-0.05, 0) is 25.2 Å². The van der Waals surface area contributed by atoms with Crippen LogP contribution in [0.5, 0.6) is 0 Å². The highest BCUT2D eigenvalue weighted by atomic mass is 35.5. The van der Waals surface area contributed by atoms with Crippen LogP contribution >= 0.6 is 11.6 Å². The maximum absolute atomic E-state index is 5.96. The highest BCUT2D eigenvalue weighted by Crippen LogP contribution is 2.23. The largest absolute Gasteiger partial charge is 0.439 e. The Morgan fingerprint density at radius 1 is 1.28 bits per heavy atom. The molecule has 1 aromatic heterocycles. The van der Waals surface area contributed by atoms with E-state index in [4.69, 9.17) is 16.0 Å². The molecule has 0 amide bonds. The van der Waals surface area contributed by atoms with Gasteiger partial charge in [0.15, 0.2) is 5.76 Å². The number of nitrogens with zero attached hydrogens (tertiary/aromatic N) is 2. The van der Waals surface area contributed by atoms with Crippen molar-refractivity contribution in [1.29, 1.82) is 0 Å². The topological polar surface area (TPSA) is 29.3 Å². The fourth-order valence-corrected chi connectivity index (χ4v) is 1.99. The average Bonchev–Trinajstić information content (AvgIpc) is 2.84. The molecular weight excluding hydrogens is 248 g/mol. The molecule has 0 unspecified atom stereocenters. The Bertz CT molecular complexity index is 506. The molecule has 0 fully saturated rings. The Morgan fingerprint density at radius 3 is 2.72 bits per heavy atom. The van der Waals surface area contributed by atoms with Crippen LogP contribution in [0.2, 0.25) is 5.02 Å². The number of oxazole rings is 1. The molecule has 0 aliphatic carbocycles. The summed E-state index contributed by atoms with van der Waals surface area (Å²) in [6.45, 7) is 6.99. The lowest BCUT2D eigenvalue weighted by Crippen LogP contribution is -2.22. The van der Waals surface area contributed by atoms with E-state index in [1.807, 2.05) is 24.3 Å². The number of hydrogen-bond acceptors (Lipinski definition) is 3. The standard InChI is InChI=1S/C14H17ClN2O/c1-3-17(4-2)10-14-16-9-13(18-14)11-6-5-7-12(15)8-11/h5-9H,3-4,10H2,1-2H3. The number of hydrogen-bond donors (Lipinski definition) is 0. The second-order valence-corrected chi connectivity index (χ2v) is 4.53. The molecule has 3 nitrogen and oxygen atoms in total. The summed E-state index contributed by atoms with van der Waals surface area (Å²) in [5, 5.41) is 0.703. The summed E-state index contributed by atoms with van der Waals surface area (Å²) < 4.78 is 5.75. The molecule has 0 atom stereocenters. The first-order chi connectivity index (χ1) is 8.72. The zero-order valence-electron chi connectivity index (χ0n) is 10.7. The molecular formula is C14H17ClN2O. The van der Waals surface area contributed by atoms with Crippen molar-refractivity contribution in [3.63, 3.8) is 0 Å². The van der Waals surface area contributed by atoms with Gasteiger partial charge in [-0.3, -0.25) is 4.90 Å². The van der Waals surface area contributed by atoms with Crippen molar-refractivity contribution >= 4 is 11.6 Å². The van der Waals surface area contributed by atoms with E-state index >= 15 is 0 Å². The van der Waals surface area contributed by atoms with Crippen LogP contribution < -0.4 is 0 Å². The van der Waals surface area contributed by atoms with Gasteiger partial charge in [0, 0.05) is 10.6 Å². The quantitative estimate of drug-likeness (QED) is 0.822. The Kier molecular flexibility index (Phi) is 4.39. The summed E-state index contributed by atoms with van der Waals surface area (Å²) in [6.07, 6.45) is 1.75. The van der Waals surface area contributed by atoms with Gasteiger partial charge in [-0.15, -0.1) is 0 Å². The van der Waals surface area contributed by atoms with Gasteiger partial charge < -0.3 is 4.42 Å². The van der Waals surface area contributed by atoms with Crippen LogP contribution in [-0.4, -0.2) is 23.0 Å². The summed E-state index contributed by atoms with van der Waals surface area (Å²) in [4.78, 5) is 6.56. The number of halogens is 1. The second kappa shape index (κ2) is 6.03. The minimum Gasteiger partial charge on any atom is -0.439 e. The Morgan fingerprint density at radius 2 is 2.06 bits per heavy atom. The van der Waals surface area contributed by atoms with Gasteiger partial charge in [0.25, 0.3) is 0 Å². The fraction of sp³-hybridized carbons (Fsp3) is 0.357. The second-order valence-electron chi connectivity index (χ2n) is 4.09. The van der Waals surface area contributed by atoms with Crippen LogP contribution in [0.1, 0.15) is 19.7 Å². The van der Waals surface area contributed by atoms with E-state index in [-0.39, 0.29) is 0 Å². The minimum absolute atomic E-state index is 0.703. The fourth-order valence-electron chi connectivity index (χ4n) is 1.80. The van der Waals surface area contributed by atoms with Gasteiger partial charge >= 0.3 is 0 Å². The maximum Gasteiger partial charge on any atom is 0.209 e. The number of aromatic nitrogens is 1. The van der Waals surface area contributed by atoms with Crippen LogP contribution in [0.25, 0.3) is 11.3 Å². The zero-order valence-corrected chi connectivity index (χ0v) is 11.4. The lowest BCUT2D eigenvalue weighted by atomic mass is 10.2. The third kappa shape index (κ3) is 3.12. The highest BCUT2D eigenvalue weighted by Gasteiger charge is 2.09. The smallest absolute Gasteiger partial charge is 0.209 e. The molecule has 18 heavy (non-hydrogen) atoms. The Labute approximate surface area is 112 Å². The first-order valence-electron chi connectivity index (χ1n) is 6.16. The number of rotatable bonds is 5. The molecule has 0 aliphatic heterocycles. The van der Waals surface area contributed by atoms with Crippen molar-refractivity contribution in [2.24, 2.45) is 0 Å². The van der Waals surface area contributed by atoms with E-state index in [9.17, 15) is 0 Å². The lowest BCUT2D eigenvalue weighted by Gasteiger charge is -2.14. The summed E-state index contributed by atoms with van der Waals surface area (Å²) in [5.74, 6) is 1.51. The molecule has 0 spiro atoms. The van der Waals surface area contributed by atoms with Gasteiger partial charge in [-0.25, -0.2) is 4.98 Å². The Balaban J connectivity index is 2.15. The summed E-state index contributed by atoms with van der Waals surface area (Å²) in [7, 11) is 0. The molecule has 1 aromatic carbocycles. The molecule has 0 N–H and O–H groups in total. The monoisotopic (exact) mass is 264 g/mol. The van der Waals surface area contributed by atoms with Crippen molar-refractivity contribution in [2.75, 3.05) is 13.1 Å². The van der Waals surface area contributed by atoms with E-state index in [0.717, 1.165) is 36.8 Å². The number of benzene rings is 1. The highest BCUT2D eigenvalue weighted by molar-refractivity contribution is 6.30. The lowest BCUT2D eigenvalue weighted by molar-refractivity contribution is 0.264. The van der Waals surface area contributed by atoms with E-state index in [1.54, 1.807) is 6.20 Å². The third-order valence-electron chi connectivity index (χ3n) is 2.92. The van der Waals surface area contributed by atoms with Crippen LogP contribution in [0.4, 0.5) is 0 Å². The van der Waals surface area contributed by atoms with Gasteiger partial charge in [0.1, 0.15) is 0 Å². The molecule has 0 bridgehead atoms. The maximum atomic E-state index is 5.96. The van der Waals surface area contributed by atoms with Gasteiger partial charge in [0.05, 0.1) is 12.7 Å². The van der Waals surface area contributed by atoms with Gasteiger partial charge in [-0.2, -0.15) is 0 Å². The minimum atomic E-state index is 0.703. The molecule has 1 heterocycles. The van der Waals surface area contributed by atoms with Crippen molar-refractivity contribution in [1.82, 2.24) is 9.88 Å². The molecule has 2 aromatic rings. The van der Waals surface area contributed by atoms with Crippen LogP contribution in [0.3, 0.4) is 0 Å². The Hall–Kier alpha value is -1.32.